The molecule has 2 rings (SSSR count). The van der Waals surface area contributed by atoms with Crippen LogP contribution in [0.4, 0.5) is 5.69 Å². The van der Waals surface area contributed by atoms with E-state index in [9.17, 15) is 4.79 Å². The number of methoxy groups -OCH3 is 3. The molecule has 5 heteroatoms. The number of rotatable bonds is 5. The first-order valence-electron chi connectivity index (χ1n) is 6.77. The fraction of sp³-hybridized carbons (Fsp3) is 0.235. The second-order valence-corrected chi connectivity index (χ2v) is 4.71. The van der Waals surface area contributed by atoms with E-state index < -0.39 is 0 Å². The van der Waals surface area contributed by atoms with E-state index in [0.29, 0.717) is 28.5 Å². The van der Waals surface area contributed by atoms with E-state index in [1.165, 1.54) is 0 Å². The lowest BCUT2D eigenvalue weighted by Crippen LogP contribution is -2.13. The smallest absolute Gasteiger partial charge is 0.255 e. The third kappa shape index (κ3) is 3.31. The highest BCUT2D eigenvalue weighted by atomic mass is 16.5. The van der Waals surface area contributed by atoms with Crippen LogP contribution in [0, 0.1) is 6.92 Å². The number of benzene rings is 2. The predicted octanol–water partition coefficient (Wildman–Crippen LogP) is 3.27. The molecule has 116 valence electrons. The molecule has 0 aliphatic carbocycles. The van der Waals surface area contributed by atoms with Gasteiger partial charge in [-0.1, -0.05) is 6.07 Å². The summed E-state index contributed by atoms with van der Waals surface area (Å²) in [6.45, 7) is 1.89. The molecule has 0 aliphatic rings. The summed E-state index contributed by atoms with van der Waals surface area (Å²) >= 11 is 0. The van der Waals surface area contributed by atoms with E-state index >= 15 is 0 Å². The summed E-state index contributed by atoms with van der Waals surface area (Å²) in [5.74, 6) is 1.61. The van der Waals surface area contributed by atoms with Crippen LogP contribution in [0.1, 0.15) is 15.9 Å². The normalized spacial score (nSPS) is 10.0. The second-order valence-electron chi connectivity index (χ2n) is 4.71. The van der Waals surface area contributed by atoms with Crippen molar-refractivity contribution in [3.63, 3.8) is 0 Å². The number of nitrogens with one attached hydrogen (secondary N) is 1. The average Bonchev–Trinajstić information content (AvgIpc) is 2.56. The summed E-state index contributed by atoms with van der Waals surface area (Å²) in [5, 5.41) is 2.87. The van der Waals surface area contributed by atoms with Crippen molar-refractivity contribution in [2.45, 2.75) is 6.92 Å². The molecule has 0 unspecified atom stereocenters. The predicted molar refractivity (Wildman–Crippen MR) is 85.2 cm³/mol. The average molecular weight is 301 g/mol. The summed E-state index contributed by atoms with van der Waals surface area (Å²) in [6.07, 6.45) is 0. The molecule has 1 N–H and O–H groups in total. The lowest BCUT2D eigenvalue weighted by Gasteiger charge is -2.14. The van der Waals surface area contributed by atoms with Gasteiger partial charge in [-0.25, -0.2) is 0 Å². The van der Waals surface area contributed by atoms with Gasteiger partial charge in [-0.3, -0.25) is 4.79 Å². The monoisotopic (exact) mass is 301 g/mol. The zero-order chi connectivity index (χ0) is 16.1. The van der Waals surface area contributed by atoms with E-state index in [1.807, 2.05) is 13.0 Å². The van der Waals surface area contributed by atoms with Crippen LogP contribution in [0.3, 0.4) is 0 Å². The Labute approximate surface area is 129 Å². The van der Waals surface area contributed by atoms with Crippen molar-refractivity contribution in [3.8, 4) is 17.2 Å². The summed E-state index contributed by atoms with van der Waals surface area (Å²) in [5.41, 5.74) is 2.08. The van der Waals surface area contributed by atoms with Gasteiger partial charge in [0.05, 0.1) is 21.3 Å². The van der Waals surface area contributed by atoms with E-state index in [2.05, 4.69) is 5.32 Å². The highest BCUT2D eigenvalue weighted by Gasteiger charge is 2.12. The maximum absolute atomic E-state index is 12.3. The number of amides is 1. The van der Waals surface area contributed by atoms with Crippen LogP contribution in [-0.4, -0.2) is 27.2 Å². The number of carbonyl (C=O) groups excluding carboxylic acids is 1. The van der Waals surface area contributed by atoms with E-state index in [4.69, 9.17) is 14.2 Å². The Bertz CT molecular complexity index is 682. The molecule has 0 saturated heterocycles. The fourth-order valence-electron chi connectivity index (χ4n) is 2.07. The number of hydrogen-bond donors (Lipinski definition) is 1. The van der Waals surface area contributed by atoms with Gasteiger partial charge in [0.2, 0.25) is 0 Å². The Morgan fingerprint density at radius 2 is 1.64 bits per heavy atom. The molecule has 22 heavy (non-hydrogen) atoms. The molecule has 0 saturated carbocycles. The van der Waals surface area contributed by atoms with Gasteiger partial charge in [0.25, 0.3) is 5.91 Å². The number of carbonyl (C=O) groups is 1. The second kappa shape index (κ2) is 6.85. The van der Waals surface area contributed by atoms with Gasteiger partial charge >= 0.3 is 0 Å². The summed E-state index contributed by atoms with van der Waals surface area (Å²) in [6, 6.07) is 10.5. The van der Waals surface area contributed by atoms with Crippen LogP contribution in [0.2, 0.25) is 0 Å². The zero-order valence-electron chi connectivity index (χ0n) is 13.1. The van der Waals surface area contributed by atoms with Gasteiger partial charge in [-0.2, -0.15) is 0 Å². The van der Waals surface area contributed by atoms with Crippen LogP contribution >= 0.6 is 0 Å². The molecule has 5 nitrogen and oxygen atoms in total. The largest absolute Gasteiger partial charge is 0.497 e. The Morgan fingerprint density at radius 3 is 2.27 bits per heavy atom. The number of hydrogen-bond acceptors (Lipinski definition) is 4. The van der Waals surface area contributed by atoms with Crippen LogP contribution in [-0.2, 0) is 0 Å². The van der Waals surface area contributed by atoms with Crippen LogP contribution in [0.25, 0.3) is 0 Å². The highest BCUT2D eigenvalue weighted by molar-refractivity contribution is 6.05. The molecule has 0 aromatic heterocycles. The van der Waals surface area contributed by atoms with Gasteiger partial charge in [0.15, 0.2) is 11.5 Å². The minimum Gasteiger partial charge on any atom is -0.497 e. The Kier molecular flexibility index (Phi) is 4.88. The van der Waals surface area contributed by atoms with E-state index in [0.717, 1.165) is 5.56 Å². The van der Waals surface area contributed by atoms with Gasteiger partial charge in [-0.05, 0) is 36.8 Å². The molecule has 0 radical (unpaired) electrons. The van der Waals surface area contributed by atoms with Crippen molar-refractivity contribution in [2.75, 3.05) is 26.6 Å². The maximum atomic E-state index is 12.3. The number of ether oxygens (including phenoxy) is 3. The van der Waals surface area contributed by atoms with Crippen molar-refractivity contribution >= 4 is 11.6 Å². The first-order valence-corrected chi connectivity index (χ1v) is 6.77. The van der Waals surface area contributed by atoms with Gasteiger partial charge in [-0.15, -0.1) is 0 Å². The lowest BCUT2D eigenvalue weighted by molar-refractivity contribution is 0.102. The molecule has 0 heterocycles. The van der Waals surface area contributed by atoms with Gasteiger partial charge in [0, 0.05) is 17.3 Å². The van der Waals surface area contributed by atoms with Gasteiger partial charge in [0.1, 0.15) is 5.75 Å². The first kappa shape index (κ1) is 15.7. The van der Waals surface area contributed by atoms with Crippen LogP contribution in [0.15, 0.2) is 36.4 Å². The highest BCUT2D eigenvalue weighted by Crippen LogP contribution is 2.33. The SMILES string of the molecule is COc1cccc(C(=O)Nc2cc(OC)c(OC)cc2C)c1. The van der Waals surface area contributed by atoms with Crippen molar-refractivity contribution in [1.29, 1.82) is 0 Å². The molecule has 2 aromatic carbocycles. The number of anilines is 1. The molecule has 1 amide bonds. The lowest BCUT2D eigenvalue weighted by atomic mass is 10.1. The quantitative estimate of drug-likeness (QED) is 0.921. The molecule has 0 spiro atoms. The molecule has 0 bridgehead atoms. The molecule has 0 atom stereocenters. The molecule has 0 aliphatic heterocycles. The van der Waals surface area contributed by atoms with E-state index in [1.54, 1.807) is 51.7 Å². The first-order chi connectivity index (χ1) is 10.6. The Hall–Kier alpha value is -2.69. The van der Waals surface area contributed by atoms with Crippen molar-refractivity contribution in [1.82, 2.24) is 0 Å². The van der Waals surface area contributed by atoms with Crippen molar-refractivity contribution < 1.29 is 19.0 Å². The molecular formula is C17H19NO4. The molecule has 2 aromatic rings. The minimum atomic E-state index is -0.214. The molecular weight excluding hydrogens is 282 g/mol. The van der Waals surface area contributed by atoms with Crippen molar-refractivity contribution in [3.05, 3.63) is 47.5 Å². The Balaban J connectivity index is 2.27. The zero-order valence-corrected chi connectivity index (χ0v) is 13.1. The molecule has 0 fully saturated rings. The van der Waals surface area contributed by atoms with Crippen LogP contribution in [0.5, 0.6) is 17.2 Å². The standard InChI is InChI=1S/C17H19NO4/c1-11-8-15(21-3)16(22-4)10-14(11)18-17(19)12-6-5-7-13(9-12)20-2/h5-10H,1-4H3,(H,18,19). The van der Waals surface area contributed by atoms with E-state index in [-0.39, 0.29) is 5.91 Å². The van der Waals surface area contributed by atoms with Gasteiger partial charge < -0.3 is 19.5 Å². The minimum absolute atomic E-state index is 0.214. The summed E-state index contributed by atoms with van der Waals surface area (Å²) in [7, 11) is 4.70. The maximum Gasteiger partial charge on any atom is 0.255 e. The fourth-order valence-corrected chi connectivity index (χ4v) is 2.07. The van der Waals surface area contributed by atoms with Crippen LogP contribution < -0.4 is 19.5 Å². The Morgan fingerprint density at radius 1 is 0.955 bits per heavy atom. The number of aryl methyl sites for hydroxylation is 1. The van der Waals surface area contributed by atoms with Crippen molar-refractivity contribution in [2.24, 2.45) is 0 Å². The third-order valence-corrected chi connectivity index (χ3v) is 3.31. The topological polar surface area (TPSA) is 56.8 Å². The third-order valence-electron chi connectivity index (χ3n) is 3.31. The summed E-state index contributed by atoms with van der Waals surface area (Å²) < 4.78 is 15.6. The summed E-state index contributed by atoms with van der Waals surface area (Å²) in [4.78, 5) is 12.3.